The number of ketones is 1. The fraction of sp³-hybridized carbons (Fsp3) is 0.562. The van der Waals surface area contributed by atoms with E-state index in [-0.39, 0.29) is 11.0 Å². The third-order valence-electron chi connectivity index (χ3n) is 5.57. The number of benzene rings is 1. The third-order valence-corrected chi connectivity index (χ3v) is 5.57. The Morgan fingerprint density at radius 2 is 2.06 bits per heavy atom. The topological polar surface area (TPSA) is 29.6 Å². The molecule has 4 rings (SSSR count). The van der Waals surface area contributed by atoms with Crippen LogP contribution in [0.15, 0.2) is 30.3 Å². The number of carbonyl (C=O) groups excluding carboxylic acids is 1. The van der Waals surface area contributed by atoms with E-state index in [1.165, 1.54) is 5.56 Å². The molecule has 0 radical (unpaired) electrons. The number of ether oxygens (including phenoxy) is 1. The second kappa shape index (κ2) is 3.24. The van der Waals surface area contributed by atoms with Gasteiger partial charge in [-0.05, 0) is 31.7 Å². The normalized spacial score (nSPS) is 45.5. The summed E-state index contributed by atoms with van der Waals surface area (Å²) in [6.07, 6.45) is 4.16. The van der Waals surface area contributed by atoms with Crippen LogP contribution in [0.4, 0.5) is 0 Å². The maximum absolute atomic E-state index is 12.5. The lowest BCUT2D eigenvalue weighted by molar-refractivity contribution is -0.136. The van der Waals surface area contributed by atoms with E-state index in [0.717, 1.165) is 25.7 Å². The van der Waals surface area contributed by atoms with E-state index in [1.54, 1.807) is 0 Å². The third kappa shape index (κ3) is 1.06. The van der Waals surface area contributed by atoms with E-state index >= 15 is 0 Å². The summed E-state index contributed by atoms with van der Waals surface area (Å²) in [5.41, 5.74) is 0.922. The van der Waals surface area contributed by atoms with Crippen LogP contribution in [-0.2, 0) is 9.53 Å². The monoisotopic (exact) mass is 242 g/mol. The molecule has 0 amide bonds. The lowest BCUT2D eigenvalue weighted by atomic mass is 9.62. The highest BCUT2D eigenvalue weighted by Gasteiger charge is 2.77. The molecule has 1 aromatic carbocycles. The van der Waals surface area contributed by atoms with Gasteiger partial charge in [0, 0.05) is 12.3 Å². The first kappa shape index (κ1) is 10.7. The highest BCUT2D eigenvalue weighted by Crippen LogP contribution is 2.70. The van der Waals surface area contributed by atoms with Gasteiger partial charge in [0.2, 0.25) is 0 Å². The average molecular weight is 242 g/mol. The molecule has 2 saturated carbocycles. The fourth-order valence-electron chi connectivity index (χ4n) is 4.50. The van der Waals surface area contributed by atoms with Crippen molar-refractivity contribution in [1.29, 1.82) is 0 Å². The summed E-state index contributed by atoms with van der Waals surface area (Å²) in [4.78, 5) is 12.5. The van der Waals surface area contributed by atoms with Gasteiger partial charge in [0.1, 0.15) is 11.4 Å². The Balaban J connectivity index is 1.81. The van der Waals surface area contributed by atoms with Gasteiger partial charge in [-0.15, -0.1) is 0 Å². The van der Waals surface area contributed by atoms with Gasteiger partial charge < -0.3 is 4.74 Å². The molecule has 1 saturated heterocycles. The number of Topliss-reactive ketones (excluding diaryl/α,β-unsaturated/α-hetero) is 1. The van der Waals surface area contributed by atoms with Gasteiger partial charge in [-0.3, -0.25) is 4.79 Å². The van der Waals surface area contributed by atoms with E-state index in [1.807, 2.05) is 6.07 Å². The van der Waals surface area contributed by atoms with Crippen LogP contribution in [0.2, 0.25) is 0 Å². The number of carbonyl (C=O) groups is 1. The van der Waals surface area contributed by atoms with Crippen LogP contribution >= 0.6 is 0 Å². The largest absolute Gasteiger partial charge is 0.365 e. The van der Waals surface area contributed by atoms with Crippen molar-refractivity contribution in [3.8, 4) is 0 Å². The molecule has 1 aliphatic heterocycles. The molecule has 2 aliphatic carbocycles. The van der Waals surface area contributed by atoms with E-state index < -0.39 is 0 Å². The zero-order valence-electron chi connectivity index (χ0n) is 10.7. The Labute approximate surface area is 107 Å². The minimum absolute atomic E-state index is 0.108. The Morgan fingerprint density at radius 1 is 1.28 bits per heavy atom. The van der Waals surface area contributed by atoms with Gasteiger partial charge in [0.15, 0.2) is 0 Å². The fourth-order valence-corrected chi connectivity index (χ4v) is 4.50. The van der Waals surface area contributed by atoms with Crippen LogP contribution in [0.5, 0.6) is 0 Å². The Hall–Kier alpha value is -1.15. The van der Waals surface area contributed by atoms with Crippen molar-refractivity contribution in [2.75, 3.05) is 0 Å². The molecule has 3 fully saturated rings. The van der Waals surface area contributed by atoms with Crippen LogP contribution < -0.4 is 0 Å². The van der Waals surface area contributed by atoms with Gasteiger partial charge in [-0.25, -0.2) is 0 Å². The van der Waals surface area contributed by atoms with E-state index in [2.05, 4.69) is 31.2 Å². The molecule has 1 heterocycles. The highest BCUT2D eigenvalue weighted by atomic mass is 16.6. The molecule has 3 aliphatic rings. The quantitative estimate of drug-likeness (QED) is 0.708. The summed E-state index contributed by atoms with van der Waals surface area (Å²) in [5, 5.41) is 0. The Kier molecular flexibility index (Phi) is 1.93. The summed E-state index contributed by atoms with van der Waals surface area (Å²) in [6.45, 7) is 2.15. The summed E-state index contributed by atoms with van der Waals surface area (Å²) in [5.74, 6) is 0.771. The average Bonchev–Trinajstić information content (AvgIpc) is 3.02. The molecule has 0 unspecified atom stereocenters. The molecule has 2 nitrogen and oxygen atoms in total. The first-order valence-electron chi connectivity index (χ1n) is 6.94. The predicted octanol–water partition coefficient (Wildman–Crippen LogP) is 3.07. The minimum atomic E-state index is -0.280. The molecule has 0 bridgehead atoms. The Bertz CT molecular complexity index is 509. The van der Waals surface area contributed by atoms with Gasteiger partial charge in [0.25, 0.3) is 0 Å². The molecule has 18 heavy (non-hydrogen) atoms. The van der Waals surface area contributed by atoms with Crippen molar-refractivity contribution in [2.45, 2.75) is 50.2 Å². The first-order valence-corrected chi connectivity index (χ1v) is 6.94. The maximum Gasteiger partial charge on any atom is 0.142 e. The summed E-state index contributed by atoms with van der Waals surface area (Å²) >= 11 is 0. The summed E-state index contributed by atoms with van der Waals surface area (Å²) < 4.78 is 5.95. The Morgan fingerprint density at radius 3 is 2.83 bits per heavy atom. The lowest BCUT2D eigenvalue weighted by Gasteiger charge is -2.40. The summed E-state index contributed by atoms with van der Waals surface area (Å²) in [6, 6.07) is 10.5. The number of epoxide rings is 1. The maximum atomic E-state index is 12.5. The van der Waals surface area contributed by atoms with Crippen molar-refractivity contribution < 1.29 is 9.53 Å². The SMILES string of the molecule is C[C@@]12C(=O)CCC[C@]13O[C@@H]3C[C@H]2c1ccccc1. The molecular formula is C16H18O2. The van der Waals surface area contributed by atoms with E-state index in [9.17, 15) is 4.79 Å². The second-order valence-electron chi connectivity index (χ2n) is 6.17. The van der Waals surface area contributed by atoms with Crippen LogP contribution in [0.3, 0.4) is 0 Å². The standard InChI is InChI=1S/C16H18O2/c1-15-12(11-6-3-2-4-7-11)10-14-16(15,18-14)9-5-8-13(15)17/h2-4,6-7,12,14H,5,8-10H2,1H3/t12-,14+,15+,16+/m0/s1. The van der Waals surface area contributed by atoms with Gasteiger partial charge in [-0.1, -0.05) is 30.3 Å². The first-order chi connectivity index (χ1) is 8.68. The van der Waals surface area contributed by atoms with Crippen LogP contribution in [0.25, 0.3) is 0 Å². The molecular weight excluding hydrogens is 224 g/mol. The second-order valence-corrected chi connectivity index (χ2v) is 6.17. The zero-order valence-corrected chi connectivity index (χ0v) is 10.7. The van der Waals surface area contributed by atoms with E-state index in [4.69, 9.17) is 4.74 Å². The van der Waals surface area contributed by atoms with E-state index in [0.29, 0.717) is 17.8 Å². The predicted molar refractivity (Wildman–Crippen MR) is 68.4 cm³/mol. The van der Waals surface area contributed by atoms with Gasteiger partial charge in [-0.2, -0.15) is 0 Å². The van der Waals surface area contributed by atoms with Crippen LogP contribution in [-0.4, -0.2) is 17.5 Å². The molecule has 1 spiro atoms. The minimum Gasteiger partial charge on any atom is -0.365 e. The highest BCUT2D eigenvalue weighted by molar-refractivity contribution is 5.89. The van der Waals surface area contributed by atoms with Crippen molar-refractivity contribution in [3.63, 3.8) is 0 Å². The van der Waals surface area contributed by atoms with Crippen LogP contribution in [0.1, 0.15) is 44.1 Å². The van der Waals surface area contributed by atoms with Crippen molar-refractivity contribution in [2.24, 2.45) is 5.41 Å². The molecule has 4 atom stereocenters. The number of hydrogen-bond acceptors (Lipinski definition) is 2. The van der Waals surface area contributed by atoms with Gasteiger partial charge in [0.05, 0.1) is 11.5 Å². The number of rotatable bonds is 1. The molecule has 94 valence electrons. The lowest BCUT2D eigenvalue weighted by Crippen LogP contribution is -2.47. The molecule has 1 aromatic rings. The molecule has 2 heteroatoms. The number of hydrogen-bond donors (Lipinski definition) is 0. The van der Waals surface area contributed by atoms with Crippen molar-refractivity contribution in [3.05, 3.63) is 35.9 Å². The smallest absolute Gasteiger partial charge is 0.142 e. The van der Waals surface area contributed by atoms with Crippen molar-refractivity contribution >= 4 is 5.78 Å². The molecule has 0 aromatic heterocycles. The molecule has 0 N–H and O–H groups in total. The summed E-state index contributed by atoms with van der Waals surface area (Å²) in [7, 11) is 0. The zero-order chi connectivity index (χ0) is 12.4. The van der Waals surface area contributed by atoms with Crippen molar-refractivity contribution in [1.82, 2.24) is 0 Å². The van der Waals surface area contributed by atoms with Gasteiger partial charge >= 0.3 is 0 Å². The van der Waals surface area contributed by atoms with Crippen LogP contribution in [0, 0.1) is 5.41 Å².